The Hall–Kier alpha value is -3.50. The molecule has 4 aromatic heterocycles. The highest BCUT2D eigenvalue weighted by Crippen LogP contribution is 2.10. The molecule has 4 heterocycles. The molecule has 0 aromatic carbocycles. The van der Waals surface area contributed by atoms with Gasteiger partial charge < -0.3 is 0 Å². The topological polar surface area (TPSA) is 93.7 Å². The SMILES string of the molecule is Cn1cc(CN(CCN(Cc2ccccn2)Cc2ccccn2)Cc2cn(C)nn2)nn1. The minimum Gasteiger partial charge on any atom is -0.290 e. The number of aromatic nitrogens is 8. The van der Waals surface area contributed by atoms with Gasteiger partial charge in [0.2, 0.25) is 0 Å². The van der Waals surface area contributed by atoms with Gasteiger partial charge in [-0.3, -0.25) is 29.1 Å². The second-order valence-corrected chi connectivity index (χ2v) is 7.83. The molecule has 0 bridgehead atoms. The first-order chi connectivity index (χ1) is 15.6. The van der Waals surface area contributed by atoms with Crippen LogP contribution in [-0.2, 0) is 40.3 Å². The van der Waals surface area contributed by atoms with E-state index in [2.05, 4.69) is 52.5 Å². The van der Waals surface area contributed by atoms with E-state index in [-0.39, 0.29) is 0 Å². The average molecular weight is 433 g/mol. The summed E-state index contributed by atoms with van der Waals surface area (Å²) in [6.07, 6.45) is 7.57. The predicted molar refractivity (Wildman–Crippen MR) is 119 cm³/mol. The van der Waals surface area contributed by atoms with E-state index < -0.39 is 0 Å². The Bertz CT molecular complexity index is 993. The fourth-order valence-corrected chi connectivity index (χ4v) is 3.55. The van der Waals surface area contributed by atoms with E-state index in [0.717, 1.165) is 49.0 Å². The molecule has 4 aromatic rings. The van der Waals surface area contributed by atoms with Crippen LogP contribution in [0.15, 0.2) is 61.2 Å². The van der Waals surface area contributed by atoms with Gasteiger partial charge in [0, 0.05) is 78.2 Å². The monoisotopic (exact) mass is 432 g/mol. The second kappa shape index (κ2) is 10.7. The molecule has 10 heteroatoms. The highest BCUT2D eigenvalue weighted by Gasteiger charge is 2.15. The summed E-state index contributed by atoms with van der Waals surface area (Å²) in [4.78, 5) is 13.7. The molecule has 4 rings (SSSR count). The predicted octanol–water partition coefficient (Wildman–Crippen LogP) is 1.44. The largest absolute Gasteiger partial charge is 0.290 e. The van der Waals surface area contributed by atoms with Gasteiger partial charge in [-0.1, -0.05) is 22.6 Å². The highest BCUT2D eigenvalue weighted by atomic mass is 15.4. The van der Waals surface area contributed by atoms with Gasteiger partial charge in [0.1, 0.15) is 0 Å². The molecule has 0 unspecified atom stereocenters. The summed E-state index contributed by atoms with van der Waals surface area (Å²) < 4.78 is 3.45. The van der Waals surface area contributed by atoms with Crippen molar-refractivity contribution in [3.05, 3.63) is 84.0 Å². The molecule has 166 valence electrons. The first-order valence-electron chi connectivity index (χ1n) is 10.6. The molecule has 0 aliphatic heterocycles. The van der Waals surface area contributed by atoms with Crippen LogP contribution in [0.4, 0.5) is 0 Å². The van der Waals surface area contributed by atoms with Gasteiger partial charge >= 0.3 is 0 Å². The van der Waals surface area contributed by atoms with Gasteiger partial charge in [-0.05, 0) is 24.3 Å². The number of hydrogen-bond donors (Lipinski definition) is 0. The van der Waals surface area contributed by atoms with E-state index in [4.69, 9.17) is 0 Å². The molecule has 0 radical (unpaired) electrons. The van der Waals surface area contributed by atoms with Crippen LogP contribution in [-0.4, -0.2) is 62.8 Å². The summed E-state index contributed by atoms with van der Waals surface area (Å²) in [5, 5.41) is 16.7. The minimum absolute atomic E-state index is 0.686. The Morgan fingerprint density at radius 2 is 1.06 bits per heavy atom. The van der Waals surface area contributed by atoms with Gasteiger partial charge in [-0.2, -0.15) is 0 Å². The first-order valence-corrected chi connectivity index (χ1v) is 10.6. The Morgan fingerprint density at radius 3 is 1.41 bits per heavy atom. The summed E-state index contributed by atoms with van der Waals surface area (Å²) >= 11 is 0. The van der Waals surface area contributed by atoms with Crippen molar-refractivity contribution in [2.45, 2.75) is 26.2 Å². The zero-order valence-corrected chi connectivity index (χ0v) is 18.5. The normalized spacial score (nSPS) is 11.5. The molecule has 0 saturated heterocycles. The van der Waals surface area contributed by atoms with Crippen LogP contribution in [0.5, 0.6) is 0 Å². The lowest BCUT2D eigenvalue weighted by atomic mass is 10.2. The van der Waals surface area contributed by atoms with Crippen LogP contribution in [0.3, 0.4) is 0 Å². The van der Waals surface area contributed by atoms with Gasteiger partial charge in [-0.15, -0.1) is 10.2 Å². The zero-order chi connectivity index (χ0) is 22.2. The molecule has 0 aliphatic rings. The summed E-state index contributed by atoms with van der Waals surface area (Å²) in [6.45, 7) is 4.54. The van der Waals surface area contributed by atoms with E-state index in [1.54, 1.807) is 9.36 Å². The lowest BCUT2D eigenvalue weighted by Crippen LogP contribution is -2.34. The summed E-state index contributed by atoms with van der Waals surface area (Å²) in [6, 6.07) is 12.0. The van der Waals surface area contributed by atoms with Crippen LogP contribution >= 0.6 is 0 Å². The van der Waals surface area contributed by atoms with Crippen molar-refractivity contribution in [2.24, 2.45) is 14.1 Å². The zero-order valence-electron chi connectivity index (χ0n) is 18.5. The second-order valence-electron chi connectivity index (χ2n) is 7.83. The highest BCUT2D eigenvalue weighted by molar-refractivity contribution is 5.06. The number of hydrogen-bond acceptors (Lipinski definition) is 8. The fraction of sp³-hybridized carbons (Fsp3) is 0.364. The fourth-order valence-electron chi connectivity index (χ4n) is 3.55. The molecule has 10 nitrogen and oxygen atoms in total. The van der Waals surface area contributed by atoms with Crippen molar-refractivity contribution >= 4 is 0 Å². The van der Waals surface area contributed by atoms with Crippen molar-refractivity contribution in [1.82, 2.24) is 49.8 Å². The van der Waals surface area contributed by atoms with E-state index in [1.807, 2.05) is 63.1 Å². The maximum absolute atomic E-state index is 4.51. The lowest BCUT2D eigenvalue weighted by molar-refractivity contribution is 0.178. The van der Waals surface area contributed by atoms with Crippen molar-refractivity contribution < 1.29 is 0 Å². The molecule has 0 atom stereocenters. The summed E-state index contributed by atoms with van der Waals surface area (Å²) in [5.74, 6) is 0. The van der Waals surface area contributed by atoms with Gasteiger partial charge in [0.05, 0.1) is 22.8 Å². The third-order valence-electron chi connectivity index (χ3n) is 5.03. The van der Waals surface area contributed by atoms with E-state index in [9.17, 15) is 0 Å². The molecular formula is C22H28N10. The number of pyridine rings is 2. The van der Waals surface area contributed by atoms with Gasteiger partial charge in [0.25, 0.3) is 0 Å². The smallest absolute Gasteiger partial charge is 0.0967 e. The van der Waals surface area contributed by atoms with Crippen molar-refractivity contribution in [3.8, 4) is 0 Å². The molecule has 32 heavy (non-hydrogen) atoms. The number of nitrogens with zero attached hydrogens (tertiary/aromatic N) is 10. The average Bonchev–Trinajstić information content (AvgIpc) is 3.40. The van der Waals surface area contributed by atoms with Crippen LogP contribution in [0.1, 0.15) is 22.8 Å². The van der Waals surface area contributed by atoms with E-state index in [0.29, 0.717) is 13.1 Å². The van der Waals surface area contributed by atoms with Crippen LogP contribution in [0.2, 0.25) is 0 Å². The molecule has 0 amide bonds. The number of rotatable bonds is 11. The molecule has 0 N–H and O–H groups in total. The van der Waals surface area contributed by atoms with E-state index in [1.165, 1.54) is 0 Å². The molecule has 0 fully saturated rings. The van der Waals surface area contributed by atoms with Crippen LogP contribution in [0, 0.1) is 0 Å². The molecule has 0 saturated carbocycles. The van der Waals surface area contributed by atoms with Crippen LogP contribution in [0.25, 0.3) is 0 Å². The third kappa shape index (κ3) is 6.50. The molecular weight excluding hydrogens is 404 g/mol. The number of aryl methyl sites for hydroxylation is 2. The first kappa shape index (κ1) is 21.7. The summed E-state index contributed by atoms with van der Waals surface area (Å²) in [7, 11) is 3.76. The van der Waals surface area contributed by atoms with E-state index >= 15 is 0 Å². The van der Waals surface area contributed by atoms with Gasteiger partial charge in [0.15, 0.2) is 0 Å². The lowest BCUT2D eigenvalue weighted by Gasteiger charge is -2.26. The Balaban J connectivity index is 1.46. The van der Waals surface area contributed by atoms with Crippen LogP contribution < -0.4 is 0 Å². The third-order valence-corrected chi connectivity index (χ3v) is 5.03. The minimum atomic E-state index is 0.686. The maximum Gasteiger partial charge on any atom is 0.0967 e. The molecule has 0 spiro atoms. The molecule has 0 aliphatic carbocycles. The van der Waals surface area contributed by atoms with Crippen molar-refractivity contribution in [2.75, 3.05) is 13.1 Å². The Kier molecular flexibility index (Phi) is 7.26. The maximum atomic E-state index is 4.51. The Morgan fingerprint density at radius 1 is 0.625 bits per heavy atom. The van der Waals surface area contributed by atoms with Gasteiger partial charge in [-0.25, -0.2) is 0 Å². The summed E-state index contributed by atoms with van der Waals surface area (Å²) in [5.41, 5.74) is 3.94. The van der Waals surface area contributed by atoms with Crippen molar-refractivity contribution in [3.63, 3.8) is 0 Å². The Labute approximate surface area is 187 Å². The van der Waals surface area contributed by atoms with Crippen molar-refractivity contribution in [1.29, 1.82) is 0 Å². The quantitative estimate of drug-likeness (QED) is 0.351. The standard InChI is InChI=1S/C22H28N10/c1-29-13-21(25-27-29)17-32(18-22-14-30(2)28-26-22)12-11-31(15-19-7-3-5-9-23-19)16-20-8-4-6-10-24-20/h3-10,13-14H,11-12,15-18H2,1-2H3.